The largest absolute Gasteiger partial charge is 0.486 e. The normalized spacial score (nSPS) is 11.8. The molecule has 0 aliphatic heterocycles. The highest BCUT2D eigenvalue weighted by atomic mass is 35.5. The van der Waals surface area contributed by atoms with Gasteiger partial charge in [0.05, 0.1) is 23.7 Å². The topological polar surface area (TPSA) is 99.2 Å². The molecule has 1 heterocycles. The molecule has 2 aromatic carbocycles. The molecule has 0 spiro atoms. The van der Waals surface area contributed by atoms with Crippen molar-refractivity contribution in [3.63, 3.8) is 0 Å². The zero-order valence-electron chi connectivity index (χ0n) is 15.1. The lowest BCUT2D eigenvalue weighted by molar-refractivity contribution is -0.115. The Bertz CT molecular complexity index is 1020. The number of aryl methyl sites for hydroxylation is 1. The predicted octanol–water partition coefficient (Wildman–Crippen LogP) is 2.82. The number of nitrogens with zero attached hydrogens (tertiary/aromatic N) is 2. The zero-order valence-corrected chi connectivity index (χ0v) is 16.7. The number of ether oxygens (including phenoxy) is 1. The molecule has 0 bridgehead atoms. The minimum absolute atomic E-state index is 0.132. The van der Waals surface area contributed by atoms with Crippen LogP contribution in [0.2, 0.25) is 5.02 Å². The molecule has 7 nitrogen and oxygen atoms in total. The van der Waals surface area contributed by atoms with Gasteiger partial charge in [0.25, 0.3) is 0 Å². The molecule has 0 saturated heterocycles. The van der Waals surface area contributed by atoms with E-state index in [4.69, 9.17) is 21.5 Å². The molecule has 3 N–H and O–H groups in total. The van der Waals surface area contributed by atoms with E-state index in [0.29, 0.717) is 26.9 Å². The fourth-order valence-corrected chi connectivity index (χ4v) is 3.42. The third kappa shape index (κ3) is 5.19. The molecule has 0 saturated carbocycles. The van der Waals surface area contributed by atoms with Crippen LogP contribution < -0.4 is 15.2 Å². The van der Waals surface area contributed by atoms with Gasteiger partial charge in [-0.15, -0.1) is 0 Å². The summed E-state index contributed by atoms with van der Waals surface area (Å²) in [6.45, 7) is 0.178. The number of carbonyl (C=O) groups excluding carboxylic acids is 1. The first-order chi connectivity index (χ1) is 13.4. The first-order valence-corrected chi connectivity index (χ1v) is 9.95. The summed E-state index contributed by atoms with van der Waals surface area (Å²) in [4.78, 5) is 12.7. The number of hydrogen-bond donors (Lipinski definition) is 2. The van der Waals surface area contributed by atoms with E-state index >= 15 is 0 Å². The Morgan fingerprint density at radius 3 is 2.75 bits per heavy atom. The number of rotatable bonds is 7. The van der Waals surface area contributed by atoms with Gasteiger partial charge in [0, 0.05) is 23.3 Å². The summed E-state index contributed by atoms with van der Waals surface area (Å²) >= 11 is 6.09. The lowest BCUT2D eigenvalue weighted by atomic mass is 10.1. The molecule has 28 heavy (non-hydrogen) atoms. The number of aromatic nitrogens is 2. The van der Waals surface area contributed by atoms with E-state index in [-0.39, 0.29) is 18.9 Å². The van der Waals surface area contributed by atoms with Gasteiger partial charge >= 0.3 is 0 Å². The number of anilines is 1. The number of benzene rings is 2. The minimum atomic E-state index is -1.73. The van der Waals surface area contributed by atoms with Crippen LogP contribution in [-0.2, 0) is 35.9 Å². The zero-order chi connectivity index (χ0) is 20.1. The average Bonchev–Trinajstić information content (AvgIpc) is 3.07. The SMILES string of the molecule is Cn1cc(OCc2ccc(NC(=O)Cc3ccccc3Cl)cc2S(N)=O)cn1. The Labute approximate surface area is 170 Å². The maximum Gasteiger partial charge on any atom is 0.228 e. The quantitative estimate of drug-likeness (QED) is 0.616. The third-order valence-corrected chi connectivity index (χ3v) is 5.13. The Balaban J connectivity index is 1.70. The Morgan fingerprint density at radius 2 is 2.07 bits per heavy atom. The fraction of sp³-hybridized carbons (Fsp3) is 0.158. The van der Waals surface area contributed by atoms with E-state index < -0.39 is 11.0 Å². The Hall–Kier alpha value is -2.68. The molecule has 0 aliphatic carbocycles. The van der Waals surface area contributed by atoms with Crippen molar-refractivity contribution in [2.45, 2.75) is 17.9 Å². The van der Waals surface area contributed by atoms with Crippen LogP contribution in [0.1, 0.15) is 11.1 Å². The second-order valence-corrected chi connectivity index (χ2v) is 7.52. The van der Waals surface area contributed by atoms with Gasteiger partial charge in [-0.3, -0.25) is 9.48 Å². The van der Waals surface area contributed by atoms with Crippen molar-refractivity contribution in [2.75, 3.05) is 5.32 Å². The van der Waals surface area contributed by atoms with E-state index in [2.05, 4.69) is 10.4 Å². The van der Waals surface area contributed by atoms with Gasteiger partial charge in [-0.05, 0) is 23.8 Å². The summed E-state index contributed by atoms with van der Waals surface area (Å²) in [7, 11) is 0.0519. The minimum Gasteiger partial charge on any atom is -0.486 e. The molecule has 1 amide bonds. The molecule has 3 rings (SSSR count). The van der Waals surface area contributed by atoms with Crippen LogP contribution in [0.25, 0.3) is 0 Å². The van der Waals surface area contributed by atoms with Crippen molar-refractivity contribution >= 4 is 34.2 Å². The number of amides is 1. The van der Waals surface area contributed by atoms with Crippen LogP contribution >= 0.6 is 11.6 Å². The average molecular weight is 419 g/mol. The van der Waals surface area contributed by atoms with Crippen LogP contribution in [0, 0.1) is 0 Å². The maximum atomic E-state index is 12.3. The lowest BCUT2D eigenvalue weighted by Gasteiger charge is -2.12. The lowest BCUT2D eigenvalue weighted by Crippen LogP contribution is -2.16. The van der Waals surface area contributed by atoms with Crippen LogP contribution in [-0.4, -0.2) is 19.9 Å². The highest BCUT2D eigenvalue weighted by Gasteiger charge is 2.12. The summed E-state index contributed by atoms with van der Waals surface area (Å²) in [6.07, 6.45) is 3.44. The van der Waals surface area contributed by atoms with Crippen LogP contribution in [0.3, 0.4) is 0 Å². The van der Waals surface area contributed by atoms with Gasteiger partial charge in [0.2, 0.25) is 5.91 Å². The third-order valence-electron chi connectivity index (χ3n) is 3.95. The molecule has 3 aromatic rings. The van der Waals surface area contributed by atoms with Gasteiger partial charge in [0.1, 0.15) is 17.6 Å². The maximum absolute atomic E-state index is 12.3. The second kappa shape index (κ2) is 9.01. The molecule has 146 valence electrons. The highest BCUT2D eigenvalue weighted by molar-refractivity contribution is 7.82. The van der Waals surface area contributed by atoms with Crippen LogP contribution in [0.4, 0.5) is 5.69 Å². The molecule has 1 atom stereocenters. The van der Waals surface area contributed by atoms with Crippen molar-refractivity contribution in [1.29, 1.82) is 0 Å². The van der Waals surface area contributed by atoms with Crippen molar-refractivity contribution in [3.05, 3.63) is 71.0 Å². The fourth-order valence-electron chi connectivity index (χ4n) is 2.59. The standard InChI is InChI=1S/C19H19ClN4O3S/c1-24-11-16(10-22-24)27-12-14-6-7-15(9-18(14)28(21)26)23-19(25)8-13-4-2-3-5-17(13)20/h2-7,9-11H,8,12,21H2,1H3,(H,23,25). The molecular weight excluding hydrogens is 400 g/mol. The summed E-state index contributed by atoms with van der Waals surface area (Å²) in [5.74, 6) is 0.356. The predicted molar refractivity (Wildman–Crippen MR) is 108 cm³/mol. The van der Waals surface area contributed by atoms with E-state index in [1.807, 2.05) is 6.07 Å². The molecular formula is C19H19ClN4O3S. The Morgan fingerprint density at radius 1 is 1.29 bits per heavy atom. The molecule has 0 radical (unpaired) electrons. The monoisotopic (exact) mass is 418 g/mol. The highest BCUT2D eigenvalue weighted by Crippen LogP contribution is 2.21. The van der Waals surface area contributed by atoms with Crippen LogP contribution in [0.5, 0.6) is 5.75 Å². The van der Waals surface area contributed by atoms with Crippen LogP contribution in [0.15, 0.2) is 59.8 Å². The summed E-state index contributed by atoms with van der Waals surface area (Å²) in [5.41, 5.74) is 1.88. The molecule has 1 unspecified atom stereocenters. The van der Waals surface area contributed by atoms with E-state index in [1.54, 1.807) is 60.5 Å². The van der Waals surface area contributed by atoms with Gasteiger partial charge in [0.15, 0.2) is 5.75 Å². The molecule has 0 aliphatic rings. The van der Waals surface area contributed by atoms with E-state index in [0.717, 1.165) is 5.56 Å². The van der Waals surface area contributed by atoms with Crippen molar-refractivity contribution < 1.29 is 13.7 Å². The first-order valence-electron chi connectivity index (χ1n) is 8.36. The molecule has 1 aromatic heterocycles. The van der Waals surface area contributed by atoms with Gasteiger partial charge in [-0.25, -0.2) is 9.35 Å². The number of hydrogen-bond acceptors (Lipinski definition) is 4. The van der Waals surface area contributed by atoms with Gasteiger partial charge < -0.3 is 10.1 Å². The van der Waals surface area contributed by atoms with E-state index in [1.165, 1.54) is 0 Å². The number of nitrogens with two attached hydrogens (primary N) is 1. The Kier molecular flexibility index (Phi) is 6.45. The van der Waals surface area contributed by atoms with Gasteiger partial charge in [-0.1, -0.05) is 35.9 Å². The smallest absolute Gasteiger partial charge is 0.228 e. The van der Waals surface area contributed by atoms with Crippen molar-refractivity contribution in [1.82, 2.24) is 9.78 Å². The van der Waals surface area contributed by atoms with Gasteiger partial charge in [-0.2, -0.15) is 5.10 Å². The summed E-state index contributed by atoms with van der Waals surface area (Å²) < 4.78 is 19.2. The van der Waals surface area contributed by atoms with Crippen molar-refractivity contribution in [2.24, 2.45) is 12.2 Å². The van der Waals surface area contributed by atoms with Crippen molar-refractivity contribution in [3.8, 4) is 5.75 Å². The number of halogens is 1. The molecule has 0 fully saturated rings. The molecule has 9 heteroatoms. The van der Waals surface area contributed by atoms with E-state index in [9.17, 15) is 9.00 Å². The number of carbonyl (C=O) groups is 1. The number of nitrogens with one attached hydrogen (secondary N) is 1. The first kappa shape index (κ1) is 20.1. The summed E-state index contributed by atoms with van der Waals surface area (Å²) in [6, 6.07) is 12.2. The summed E-state index contributed by atoms with van der Waals surface area (Å²) in [5, 5.41) is 12.9. The second-order valence-electron chi connectivity index (χ2n) is 6.07.